The summed E-state index contributed by atoms with van der Waals surface area (Å²) >= 11 is 2.00. The molecule has 0 saturated carbocycles. The highest BCUT2D eigenvalue weighted by Gasteiger charge is 2.24. The van der Waals surface area contributed by atoms with Gasteiger partial charge in [-0.1, -0.05) is 13.8 Å². The van der Waals surface area contributed by atoms with Gasteiger partial charge in [-0.05, 0) is 11.7 Å². The van der Waals surface area contributed by atoms with E-state index in [1.807, 2.05) is 16.7 Å². The minimum atomic E-state index is 0.465. The molecule has 1 aliphatic heterocycles. The third-order valence-corrected chi connectivity index (χ3v) is 3.38. The summed E-state index contributed by atoms with van der Waals surface area (Å²) in [5.74, 6) is 5.58. The van der Waals surface area contributed by atoms with Gasteiger partial charge in [0, 0.05) is 18.3 Å². The molecule has 76 valence electrons. The van der Waals surface area contributed by atoms with Crippen LogP contribution in [0.3, 0.4) is 0 Å². The van der Waals surface area contributed by atoms with E-state index in [9.17, 15) is 0 Å². The van der Waals surface area contributed by atoms with Crippen molar-refractivity contribution >= 4 is 17.7 Å². The first kappa shape index (κ1) is 10.5. The number of likely N-dealkylation sites (tertiary alicyclic amines) is 1. The van der Waals surface area contributed by atoms with Crippen molar-refractivity contribution in [1.29, 1.82) is 0 Å². The molecule has 1 aliphatic rings. The number of thioether (sulfide) groups is 1. The second-order valence-electron chi connectivity index (χ2n) is 3.53. The molecule has 0 radical (unpaired) electrons. The molecule has 13 heavy (non-hydrogen) atoms. The molecule has 0 aromatic rings. The SMILES string of the molecule is CC(C)SC1CCN(/C(N)=N/N)C1. The molecule has 1 atom stereocenters. The van der Waals surface area contributed by atoms with Crippen molar-refractivity contribution in [2.75, 3.05) is 13.1 Å². The topological polar surface area (TPSA) is 67.6 Å². The lowest BCUT2D eigenvalue weighted by atomic mass is 10.4. The van der Waals surface area contributed by atoms with Crippen LogP contribution in [-0.4, -0.2) is 34.4 Å². The predicted molar refractivity (Wildman–Crippen MR) is 58.5 cm³/mol. The quantitative estimate of drug-likeness (QED) is 0.294. The maximum atomic E-state index is 5.61. The van der Waals surface area contributed by atoms with E-state index < -0.39 is 0 Å². The molecule has 0 aliphatic carbocycles. The molecule has 0 spiro atoms. The Hall–Kier alpha value is -0.580. The first-order chi connectivity index (χ1) is 6.13. The fourth-order valence-corrected chi connectivity index (χ4v) is 2.79. The number of nitrogens with zero attached hydrogens (tertiary/aromatic N) is 2. The van der Waals surface area contributed by atoms with Crippen LogP contribution in [0.15, 0.2) is 5.10 Å². The summed E-state index contributed by atoms with van der Waals surface area (Å²) in [4.78, 5) is 2.04. The first-order valence-electron chi connectivity index (χ1n) is 4.57. The van der Waals surface area contributed by atoms with Crippen LogP contribution >= 0.6 is 11.8 Å². The summed E-state index contributed by atoms with van der Waals surface area (Å²) in [7, 11) is 0. The average Bonchev–Trinajstić information content (AvgIpc) is 2.50. The molecule has 0 bridgehead atoms. The van der Waals surface area contributed by atoms with Crippen LogP contribution in [-0.2, 0) is 0 Å². The molecule has 1 fully saturated rings. The fourth-order valence-electron chi connectivity index (χ4n) is 1.51. The lowest BCUT2D eigenvalue weighted by Gasteiger charge is -2.16. The van der Waals surface area contributed by atoms with Crippen LogP contribution in [0.5, 0.6) is 0 Å². The Morgan fingerprint density at radius 1 is 1.62 bits per heavy atom. The van der Waals surface area contributed by atoms with Crippen LogP contribution in [0.25, 0.3) is 0 Å². The summed E-state index contributed by atoms with van der Waals surface area (Å²) in [6, 6.07) is 0. The Morgan fingerprint density at radius 2 is 2.31 bits per heavy atom. The van der Waals surface area contributed by atoms with E-state index >= 15 is 0 Å². The number of nitrogens with two attached hydrogens (primary N) is 2. The van der Waals surface area contributed by atoms with Gasteiger partial charge in [0.25, 0.3) is 0 Å². The minimum absolute atomic E-state index is 0.465. The number of guanidine groups is 1. The maximum absolute atomic E-state index is 5.61. The largest absolute Gasteiger partial charge is 0.368 e. The molecule has 0 amide bonds. The number of rotatable bonds is 2. The van der Waals surface area contributed by atoms with Crippen LogP contribution in [0.4, 0.5) is 0 Å². The van der Waals surface area contributed by atoms with Crippen molar-refractivity contribution in [3.8, 4) is 0 Å². The molecular weight excluding hydrogens is 184 g/mol. The van der Waals surface area contributed by atoms with E-state index in [4.69, 9.17) is 11.6 Å². The lowest BCUT2D eigenvalue weighted by molar-refractivity contribution is 0.512. The molecule has 1 saturated heterocycles. The average molecular weight is 202 g/mol. The van der Waals surface area contributed by atoms with Gasteiger partial charge in [0.15, 0.2) is 0 Å². The third kappa shape index (κ3) is 2.99. The Bertz CT molecular complexity index is 193. The zero-order chi connectivity index (χ0) is 9.84. The summed E-state index contributed by atoms with van der Waals surface area (Å²) in [5, 5.41) is 4.86. The van der Waals surface area contributed by atoms with Gasteiger partial charge in [-0.25, -0.2) is 0 Å². The molecular formula is C8H18N4S. The zero-order valence-corrected chi connectivity index (χ0v) is 9.05. The molecule has 0 aromatic carbocycles. The van der Waals surface area contributed by atoms with E-state index in [1.54, 1.807) is 0 Å². The third-order valence-electron chi connectivity index (χ3n) is 2.07. The van der Waals surface area contributed by atoms with Crippen molar-refractivity contribution < 1.29 is 0 Å². The van der Waals surface area contributed by atoms with E-state index in [2.05, 4.69) is 18.9 Å². The van der Waals surface area contributed by atoms with Crippen LogP contribution < -0.4 is 11.6 Å². The Labute approximate surface area is 83.7 Å². The van der Waals surface area contributed by atoms with Crippen molar-refractivity contribution in [2.24, 2.45) is 16.7 Å². The highest BCUT2D eigenvalue weighted by molar-refractivity contribution is 8.00. The standard InChI is InChI=1S/C8H18N4S/c1-6(2)13-7-3-4-12(5-7)8(9)11-10/h6-7H,3-5,10H2,1-2H3,(H2,9,11). The predicted octanol–water partition coefficient (Wildman–Crippen LogP) is 0.391. The van der Waals surface area contributed by atoms with Crippen LogP contribution in [0, 0.1) is 0 Å². The van der Waals surface area contributed by atoms with E-state index in [0.717, 1.165) is 13.1 Å². The van der Waals surface area contributed by atoms with Crippen LogP contribution in [0.1, 0.15) is 20.3 Å². The summed E-state index contributed by atoms with van der Waals surface area (Å²) in [6.07, 6.45) is 1.18. The molecule has 5 heteroatoms. The van der Waals surface area contributed by atoms with Crippen molar-refractivity contribution in [2.45, 2.75) is 30.8 Å². The number of hydrazone groups is 1. The second-order valence-corrected chi connectivity index (χ2v) is 5.41. The van der Waals surface area contributed by atoms with Gasteiger partial charge in [0.2, 0.25) is 5.96 Å². The van der Waals surface area contributed by atoms with Crippen molar-refractivity contribution in [3.05, 3.63) is 0 Å². The number of hydrogen-bond acceptors (Lipinski definition) is 3. The highest BCUT2D eigenvalue weighted by atomic mass is 32.2. The summed E-state index contributed by atoms with van der Waals surface area (Å²) in [5.41, 5.74) is 5.61. The Kier molecular flexibility index (Phi) is 3.71. The molecule has 1 heterocycles. The van der Waals surface area contributed by atoms with E-state index in [1.165, 1.54) is 6.42 Å². The van der Waals surface area contributed by atoms with E-state index in [-0.39, 0.29) is 0 Å². The minimum Gasteiger partial charge on any atom is -0.368 e. The zero-order valence-electron chi connectivity index (χ0n) is 8.23. The van der Waals surface area contributed by atoms with Gasteiger partial charge in [0.1, 0.15) is 0 Å². The maximum Gasteiger partial charge on any atom is 0.213 e. The van der Waals surface area contributed by atoms with Crippen molar-refractivity contribution in [3.63, 3.8) is 0 Å². The highest BCUT2D eigenvalue weighted by Crippen LogP contribution is 2.25. The molecule has 4 nitrogen and oxygen atoms in total. The van der Waals surface area contributed by atoms with Gasteiger partial charge in [0.05, 0.1) is 0 Å². The smallest absolute Gasteiger partial charge is 0.213 e. The normalized spacial score (nSPS) is 24.4. The van der Waals surface area contributed by atoms with Crippen LogP contribution in [0.2, 0.25) is 0 Å². The monoisotopic (exact) mass is 202 g/mol. The van der Waals surface area contributed by atoms with Gasteiger partial charge < -0.3 is 16.5 Å². The van der Waals surface area contributed by atoms with Gasteiger partial charge in [-0.15, -0.1) is 5.10 Å². The van der Waals surface area contributed by atoms with Gasteiger partial charge >= 0.3 is 0 Å². The van der Waals surface area contributed by atoms with Crippen molar-refractivity contribution in [1.82, 2.24) is 4.90 Å². The van der Waals surface area contributed by atoms with E-state index in [0.29, 0.717) is 16.5 Å². The Morgan fingerprint density at radius 3 is 2.85 bits per heavy atom. The summed E-state index contributed by atoms with van der Waals surface area (Å²) in [6.45, 7) is 6.40. The Balaban J connectivity index is 2.36. The number of hydrogen-bond donors (Lipinski definition) is 2. The molecule has 1 unspecified atom stereocenters. The first-order valence-corrected chi connectivity index (χ1v) is 5.51. The lowest BCUT2D eigenvalue weighted by Crippen LogP contribution is -2.36. The molecule has 1 rings (SSSR count). The fraction of sp³-hybridized carbons (Fsp3) is 0.875. The van der Waals surface area contributed by atoms with Gasteiger partial charge in [-0.3, -0.25) is 0 Å². The molecule has 4 N–H and O–H groups in total. The molecule has 0 aromatic heterocycles. The van der Waals surface area contributed by atoms with Gasteiger partial charge in [-0.2, -0.15) is 11.8 Å². The second kappa shape index (κ2) is 4.60. The summed E-state index contributed by atoms with van der Waals surface area (Å²) < 4.78 is 0.